The third-order valence-electron chi connectivity index (χ3n) is 3.76. The van der Waals surface area contributed by atoms with Crippen molar-refractivity contribution < 1.29 is 14.5 Å². The first-order valence-corrected chi connectivity index (χ1v) is 8.13. The Morgan fingerprint density at radius 2 is 2.00 bits per heavy atom. The van der Waals surface area contributed by atoms with E-state index in [9.17, 15) is 14.9 Å². The molecule has 26 heavy (non-hydrogen) atoms. The predicted molar refractivity (Wildman–Crippen MR) is 97.9 cm³/mol. The molecule has 0 amide bonds. The highest BCUT2D eigenvalue weighted by atomic mass is 16.6. The fraction of sp³-hybridized carbons (Fsp3) is 0.353. The van der Waals surface area contributed by atoms with Gasteiger partial charge < -0.3 is 15.0 Å². The molecule has 0 aliphatic rings. The van der Waals surface area contributed by atoms with Gasteiger partial charge in [-0.3, -0.25) is 10.1 Å². The van der Waals surface area contributed by atoms with Crippen LogP contribution in [0.4, 0.5) is 23.0 Å². The molecule has 0 radical (unpaired) electrons. The zero-order valence-corrected chi connectivity index (χ0v) is 14.9. The third kappa shape index (κ3) is 4.44. The number of hydrogen-bond donors (Lipinski definition) is 1. The smallest absolute Gasteiger partial charge is 0.353 e. The molecule has 0 atom stereocenters. The molecule has 1 aromatic heterocycles. The lowest BCUT2D eigenvalue weighted by molar-refractivity contribution is -0.383. The Kier molecular flexibility index (Phi) is 6.42. The largest absolute Gasteiger partial charge is 0.465 e. The highest BCUT2D eigenvalue weighted by molar-refractivity contribution is 5.89. The van der Waals surface area contributed by atoms with Crippen molar-refractivity contribution in [2.24, 2.45) is 0 Å². The van der Waals surface area contributed by atoms with Crippen molar-refractivity contribution in [3.8, 4) is 0 Å². The standard InChI is InChI=1S/C17H21N5O4/c1-4-5-10-21(2)16-14(22(24)25)15(18-11-19-16)20-13-8-6-12(7-9-13)17(23)26-3/h6-9,11H,4-5,10H2,1-3H3,(H,18,19,20). The molecular weight excluding hydrogens is 338 g/mol. The van der Waals surface area contributed by atoms with Crippen molar-refractivity contribution in [2.45, 2.75) is 19.8 Å². The first-order valence-electron chi connectivity index (χ1n) is 8.13. The maximum absolute atomic E-state index is 11.6. The molecule has 0 unspecified atom stereocenters. The highest BCUT2D eigenvalue weighted by Gasteiger charge is 2.25. The van der Waals surface area contributed by atoms with E-state index in [1.54, 1.807) is 36.2 Å². The number of benzene rings is 1. The fourth-order valence-corrected chi connectivity index (χ4v) is 2.35. The Morgan fingerprint density at radius 3 is 2.58 bits per heavy atom. The van der Waals surface area contributed by atoms with E-state index in [1.165, 1.54) is 13.4 Å². The van der Waals surface area contributed by atoms with Gasteiger partial charge in [0.15, 0.2) is 0 Å². The second kappa shape index (κ2) is 8.75. The van der Waals surface area contributed by atoms with E-state index in [1.807, 2.05) is 6.92 Å². The quantitative estimate of drug-likeness (QED) is 0.435. The van der Waals surface area contributed by atoms with E-state index in [4.69, 9.17) is 0 Å². The summed E-state index contributed by atoms with van der Waals surface area (Å²) in [4.78, 5) is 32.4. The monoisotopic (exact) mass is 359 g/mol. The molecule has 0 fully saturated rings. The van der Waals surface area contributed by atoms with Crippen LogP contribution in [0.25, 0.3) is 0 Å². The van der Waals surface area contributed by atoms with Crippen molar-refractivity contribution in [1.82, 2.24) is 9.97 Å². The lowest BCUT2D eigenvalue weighted by Crippen LogP contribution is -2.21. The summed E-state index contributed by atoms with van der Waals surface area (Å²) in [6.45, 7) is 2.70. The molecule has 0 aliphatic heterocycles. The second-order valence-electron chi connectivity index (χ2n) is 5.62. The summed E-state index contributed by atoms with van der Waals surface area (Å²) in [5.74, 6) is -0.106. The van der Waals surface area contributed by atoms with Gasteiger partial charge in [-0.25, -0.2) is 14.8 Å². The van der Waals surface area contributed by atoms with Gasteiger partial charge in [-0.05, 0) is 30.7 Å². The minimum absolute atomic E-state index is 0.0918. The summed E-state index contributed by atoms with van der Waals surface area (Å²) < 4.78 is 4.64. The molecule has 9 heteroatoms. The van der Waals surface area contributed by atoms with Crippen LogP contribution in [0.5, 0.6) is 0 Å². The Labute approximate surface area is 151 Å². The molecule has 2 rings (SSSR count). The molecule has 0 spiro atoms. The first kappa shape index (κ1) is 19.1. The molecule has 138 valence electrons. The minimum Gasteiger partial charge on any atom is -0.465 e. The van der Waals surface area contributed by atoms with Crippen LogP contribution in [0.2, 0.25) is 0 Å². The van der Waals surface area contributed by atoms with Crippen LogP contribution in [0.3, 0.4) is 0 Å². The number of ether oxygens (including phenoxy) is 1. The normalized spacial score (nSPS) is 10.3. The summed E-state index contributed by atoms with van der Waals surface area (Å²) in [5.41, 5.74) is 0.750. The lowest BCUT2D eigenvalue weighted by atomic mass is 10.2. The van der Waals surface area contributed by atoms with Crippen LogP contribution in [0, 0.1) is 10.1 Å². The van der Waals surface area contributed by atoms with E-state index < -0.39 is 10.9 Å². The first-order chi connectivity index (χ1) is 12.5. The number of rotatable bonds is 8. The van der Waals surface area contributed by atoms with Crippen molar-refractivity contribution >= 4 is 29.0 Å². The SMILES string of the molecule is CCCCN(C)c1ncnc(Nc2ccc(C(=O)OC)cc2)c1[N+](=O)[O-]. The van der Waals surface area contributed by atoms with Crippen LogP contribution in [0.15, 0.2) is 30.6 Å². The number of aromatic nitrogens is 2. The van der Waals surface area contributed by atoms with E-state index in [2.05, 4.69) is 20.0 Å². The summed E-state index contributed by atoms with van der Waals surface area (Å²) in [6.07, 6.45) is 3.16. The number of carbonyl (C=O) groups excluding carboxylic acids is 1. The predicted octanol–water partition coefficient (Wildman–Crippen LogP) is 3.15. The second-order valence-corrected chi connectivity index (χ2v) is 5.62. The lowest BCUT2D eigenvalue weighted by Gasteiger charge is -2.18. The molecule has 0 aliphatic carbocycles. The zero-order chi connectivity index (χ0) is 19.1. The maximum Gasteiger partial charge on any atom is 0.353 e. The Hall–Kier alpha value is -3.23. The third-order valence-corrected chi connectivity index (χ3v) is 3.76. The molecule has 0 saturated carbocycles. The number of methoxy groups -OCH3 is 1. The van der Waals surface area contributed by atoms with Crippen LogP contribution in [-0.2, 0) is 4.74 Å². The number of anilines is 3. The number of nitro groups is 1. The summed E-state index contributed by atoms with van der Waals surface area (Å²) in [5, 5.41) is 14.5. The molecule has 1 heterocycles. The van der Waals surface area contributed by atoms with Gasteiger partial charge in [0, 0.05) is 19.3 Å². The summed E-state index contributed by atoms with van der Waals surface area (Å²) >= 11 is 0. The van der Waals surface area contributed by atoms with Gasteiger partial charge in [-0.1, -0.05) is 13.3 Å². The van der Waals surface area contributed by atoms with Crippen molar-refractivity contribution in [2.75, 3.05) is 30.9 Å². The topological polar surface area (TPSA) is 110 Å². The van der Waals surface area contributed by atoms with E-state index >= 15 is 0 Å². The molecule has 0 saturated heterocycles. The number of hydrogen-bond acceptors (Lipinski definition) is 8. The summed E-state index contributed by atoms with van der Waals surface area (Å²) in [7, 11) is 3.06. The highest BCUT2D eigenvalue weighted by Crippen LogP contribution is 2.33. The van der Waals surface area contributed by atoms with E-state index in [0.29, 0.717) is 17.8 Å². The minimum atomic E-state index is -0.497. The number of nitrogens with zero attached hydrogens (tertiary/aromatic N) is 4. The van der Waals surface area contributed by atoms with Gasteiger partial charge >= 0.3 is 11.7 Å². The van der Waals surface area contributed by atoms with Crippen LogP contribution >= 0.6 is 0 Å². The Bertz CT molecular complexity index is 779. The molecule has 1 aromatic carbocycles. The fourth-order valence-electron chi connectivity index (χ4n) is 2.35. The van der Waals surface area contributed by atoms with Crippen LogP contribution < -0.4 is 10.2 Å². The average Bonchev–Trinajstić information content (AvgIpc) is 2.65. The van der Waals surface area contributed by atoms with Gasteiger partial charge in [0.1, 0.15) is 6.33 Å². The van der Waals surface area contributed by atoms with Gasteiger partial charge in [-0.15, -0.1) is 0 Å². The number of nitrogens with one attached hydrogen (secondary N) is 1. The molecule has 2 aromatic rings. The number of carbonyl (C=O) groups is 1. The van der Waals surface area contributed by atoms with E-state index in [0.717, 1.165) is 12.8 Å². The van der Waals surface area contributed by atoms with Gasteiger partial charge in [0.25, 0.3) is 0 Å². The molecule has 1 N–H and O–H groups in total. The molecular formula is C17H21N5O4. The van der Waals surface area contributed by atoms with E-state index in [-0.39, 0.29) is 17.3 Å². The molecule has 9 nitrogen and oxygen atoms in total. The van der Waals surface area contributed by atoms with Crippen molar-refractivity contribution in [3.05, 3.63) is 46.3 Å². The van der Waals surface area contributed by atoms with Gasteiger partial charge in [0.2, 0.25) is 11.6 Å². The van der Waals surface area contributed by atoms with Gasteiger partial charge in [0.05, 0.1) is 17.6 Å². The Morgan fingerprint density at radius 1 is 1.31 bits per heavy atom. The average molecular weight is 359 g/mol. The zero-order valence-electron chi connectivity index (χ0n) is 14.9. The van der Waals surface area contributed by atoms with Crippen molar-refractivity contribution in [1.29, 1.82) is 0 Å². The molecule has 0 bridgehead atoms. The summed E-state index contributed by atoms with van der Waals surface area (Å²) in [6, 6.07) is 6.38. The maximum atomic E-state index is 11.6. The number of unbranched alkanes of at least 4 members (excludes halogenated alkanes) is 1. The van der Waals surface area contributed by atoms with Gasteiger partial charge in [-0.2, -0.15) is 0 Å². The van der Waals surface area contributed by atoms with Crippen molar-refractivity contribution in [3.63, 3.8) is 0 Å². The van der Waals surface area contributed by atoms with Crippen LogP contribution in [0.1, 0.15) is 30.1 Å². The Balaban J connectivity index is 2.31. The van der Waals surface area contributed by atoms with Crippen LogP contribution in [-0.4, -0.2) is 41.6 Å². The number of esters is 1.